The SMILES string of the molecule is N/P=N\POc1ccccc1. The molecule has 0 amide bonds. The molecule has 58 valence electrons. The minimum atomic E-state index is 0.0973. The summed E-state index contributed by atoms with van der Waals surface area (Å²) in [5.74, 6) is 0.832. The van der Waals surface area contributed by atoms with Crippen LogP contribution < -0.4 is 10.0 Å². The Labute approximate surface area is 68.8 Å². The molecule has 0 aromatic heterocycles. The Morgan fingerprint density at radius 3 is 2.73 bits per heavy atom. The zero-order valence-corrected chi connectivity index (χ0v) is 7.66. The lowest BCUT2D eigenvalue weighted by atomic mass is 10.3. The van der Waals surface area contributed by atoms with Crippen molar-refractivity contribution in [2.75, 3.05) is 0 Å². The van der Waals surface area contributed by atoms with E-state index in [0.29, 0.717) is 8.52 Å². The van der Waals surface area contributed by atoms with E-state index >= 15 is 0 Å². The second-order valence-electron chi connectivity index (χ2n) is 1.72. The minimum absolute atomic E-state index is 0.0973. The van der Waals surface area contributed by atoms with E-state index in [0.717, 1.165) is 5.75 Å². The van der Waals surface area contributed by atoms with Crippen molar-refractivity contribution in [2.45, 2.75) is 0 Å². The van der Waals surface area contributed by atoms with E-state index in [1.165, 1.54) is 0 Å². The molecular weight excluding hydrogens is 178 g/mol. The van der Waals surface area contributed by atoms with Gasteiger partial charge in [0, 0.05) is 0 Å². The summed E-state index contributed by atoms with van der Waals surface area (Å²) >= 11 is 0. The lowest BCUT2D eigenvalue weighted by Crippen LogP contribution is -1.73. The number of rotatable bonds is 3. The van der Waals surface area contributed by atoms with Crippen molar-refractivity contribution < 1.29 is 4.52 Å². The minimum Gasteiger partial charge on any atom is -0.454 e. The van der Waals surface area contributed by atoms with Crippen LogP contribution in [0, 0.1) is 0 Å². The summed E-state index contributed by atoms with van der Waals surface area (Å²) in [5.41, 5.74) is 5.13. The molecule has 0 saturated carbocycles. The average molecular weight is 186 g/mol. The maximum absolute atomic E-state index is 5.22. The highest BCUT2D eigenvalue weighted by Gasteiger charge is 1.86. The molecule has 11 heavy (non-hydrogen) atoms. The van der Waals surface area contributed by atoms with Gasteiger partial charge in [0.05, 0.1) is 8.52 Å². The number of benzene rings is 1. The van der Waals surface area contributed by atoms with Gasteiger partial charge in [-0.25, -0.2) is 0 Å². The van der Waals surface area contributed by atoms with Gasteiger partial charge in [0.25, 0.3) is 0 Å². The van der Waals surface area contributed by atoms with Gasteiger partial charge in [-0.3, -0.25) is 5.50 Å². The molecule has 0 radical (unpaired) electrons. The second kappa shape index (κ2) is 5.20. The Kier molecular flexibility index (Phi) is 4.07. The second-order valence-corrected chi connectivity index (χ2v) is 3.14. The van der Waals surface area contributed by atoms with Crippen molar-refractivity contribution >= 4 is 17.5 Å². The lowest BCUT2D eigenvalue weighted by molar-refractivity contribution is 0.633. The van der Waals surface area contributed by atoms with Crippen LogP contribution in [0.4, 0.5) is 0 Å². The van der Waals surface area contributed by atoms with Crippen LogP contribution in [-0.2, 0) is 0 Å². The third-order valence-electron chi connectivity index (χ3n) is 1.01. The normalized spacial score (nSPS) is 11.4. The molecule has 5 heteroatoms. The predicted octanol–water partition coefficient (Wildman–Crippen LogP) is 2.58. The fraction of sp³-hybridized carbons (Fsp3) is 0. The van der Waals surface area contributed by atoms with Gasteiger partial charge in [0.1, 0.15) is 5.75 Å². The van der Waals surface area contributed by atoms with Crippen LogP contribution in [0.15, 0.2) is 34.8 Å². The lowest BCUT2D eigenvalue weighted by Gasteiger charge is -1.98. The summed E-state index contributed by atoms with van der Waals surface area (Å²) in [6.45, 7) is 0. The summed E-state index contributed by atoms with van der Waals surface area (Å²) < 4.78 is 9.04. The van der Waals surface area contributed by atoms with Gasteiger partial charge in [-0.1, -0.05) is 18.2 Å². The highest BCUT2D eigenvalue weighted by Crippen LogP contribution is 2.22. The standard InChI is InChI=1S/C6H8N2OP2/c7-10-8-11-9-6-4-2-1-3-5-6/h1-5,11H,(H2,7,8). The van der Waals surface area contributed by atoms with Crippen molar-refractivity contribution in [2.24, 2.45) is 10.0 Å². The zero-order chi connectivity index (χ0) is 7.94. The molecule has 1 atom stereocenters. The number of nitrogens with two attached hydrogens (primary N) is 1. The van der Waals surface area contributed by atoms with Crippen LogP contribution in [0.5, 0.6) is 5.75 Å². The van der Waals surface area contributed by atoms with E-state index in [-0.39, 0.29) is 8.96 Å². The largest absolute Gasteiger partial charge is 0.454 e. The third-order valence-corrected chi connectivity index (χ3v) is 2.12. The van der Waals surface area contributed by atoms with Gasteiger partial charge in [-0.2, -0.15) is 4.52 Å². The van der Waals surface area contributed by atoms with Crippen LogP contribution in [-0.4, -0.2) is 0 Å². The predicted molar refractivity (Wildman–Crippen MR) is 48.9 cm³/mol. The number of nitrogens with zero attached hydrogens (tertiary/aromatic N) is 1. The Bertz CT molecular complexity index is 227. The van der Waals surface area contributed by atoms with Gasteiger partial charge in [0.15, 0.2) is 0 Å². The molecule has 0 aliphatic heterocycles. The van der Waals surface area contributed by atoms with E-state index in [1.54, 1.807) is 0 Å². The molecule has 1 aromatic carbocycles. The number of hydrogen-bond donors (Lipinski definition) is 1. The number of hydrogen-bond acceptors (Lipinski definition) is 2. The van der Waals surface area contributed by atoms with Crippen molar-refractivity contribution in [1.82, 2.24) is 0 Å². The van der Waals surface area contributed by atoms with Crippen LogP contribution in [0.25, 0.3) is 0 Å². The highest BCUT2D eigenvalue weighted by molar-refractivity contribution is 7.40. The molecule has 3 nitrogen and oxygen atoms in total. The van der Waals surface area contributed by atoms with Gasteiger partial charge in [-0.15, -0.1) is 0 Å². The Balaban J connectivity index is 2.39. The van der Waals surface area contributed by atoms with Crippen molar-refractivity contribution in [3.8, 4) is 5.75 Å². The van der Waals surface area contributed by atoms with E-state index in [9.17, 15) is 0 Å². The first kappa shape index (κ1) is 8.61. The molecule has 0 aliphatic rings. The molecular formula is C6H8N2OP2. The third kappa shape index (κ3) is 3.43. The topological polar surface area (TPSA) is 47.6 Å². The maximum Gasteiger partial charge on any atom is 0.201 e. The Hall–Kier alpha value is -0.490. The van der Waals surface area contributed by atoms with Crippen LogP contribution in [0.1, 0.15) is 0 Å². The molecule has 1 unspecified atom stereocenters. The van der Waals surface area contributed by atoms with E-state index in [1.807, 2.05) is 30.3 Å². The number of para-hydroxylation sites is 1. The first-order valence-electron chi connectivity index (χ1n) is 3.00. The summed E-state index contributed by atoms with van der Waals surface area (Å²) in [6.07, 6.45) is 0. The van der Waals surface area contributed by atoms with Gasteiger partial charge in [0.2, 0.25) is 8.96 Å². The fourth-order valence-electron chi connectivity index (χ4n) is 0.585. The molecule has 0 spiro atoms. The zero-order valence-electron chi connectivity index (χ0n) is 5.77. The Morgan fingerprint density at radius 1 is 1.36 bits per heavy atom. The molecule has 0 saturated heterocycles. The molecule has 0 aliphatic carbocycles. The monoisotopic (exact) mass is 186 g/mol. The van der Waals surface area contributed by atoms with Crippen molar-refractivity contribution in [3.63, 3.8) is 0 Å². The quantitative estimate of drug-likeness (QED) is 0.737. The van der Waals surface area contributed by atoms with Crippen molar-refractivity contribution in [3.05, 3.63) is 30.3 Å². The summed E-state index contributed by atoms with van der Waals surface area (Å²) in [6, 6.07) is 9.54. The van der Waals surface area contributed by atoms with Gasteiger partial charge in [-0.05, 0) is 12.1 Å². The molecule has 1 aromatic rings. The highest BCUT2D eigenvalue weighted by atomic mass is 31.1. The molecule has 0 fully saturated rings. The summed E-state index contributed by atoms with van der Waals surface area (Å²) in [4.78, 5) is 0. The van der Waals surface area contributed by atoms with E-state index in [2.05, 4.69) is 4.52 Å². The maximum atomic E-state index is 5.22. The van der Waals surface area contributed by atoms with E-state index < -0.39 is 0 Å². The smallest absolute Gasteiger partial charge is 0.201 e. The first-order valence-corrected chi connectivity index (χ1v) is 4.77. The summed E-state index contributed by atoms with van der Waals surface area (Å²) in [5, 5.41) is 0. The average Bonchev–Trinajstić information content (AvgIpc) is 2.07. The molecule has 0 heterocycles. The Morgan fingerprint density at radius 2 is 2.09 bits per heavy atom. The van der Waals surface area contributed by atoms with Crippen molar-refractivity contribution in [1.29, 1.82) is 0 Å². The van der Waals surface area contributed by atoms with Crippen LogP contribution in [0.3, 0.4) is 0 Å². The van der Waals surface area contributed by atoms with Gasteiger partial charge < -0.3 is 4.52 Å². The summed E-state index contributed by atoms with van der Waals surface area (Å²) in [7, 11) is 0.625. The fourth-order valence-corrected chi connectivity index (χ4v) is 1.18. The molecule has 1 rings (SSSR count). The molecule has 0 bridgehead atoms. The van der Waals surface area contributed by atoms with Crippen LogP contribution >= 0.6 is 17.5 Å². The van der Waals surface area contributed by atoms with Gasteiger partial charge >= 0.3 is 0 Å². The van der Waals surface area contributed by atoms with Crippen LogP contribution in [0.2, 0.25) is 0 Å². The van der Waals surface area contributed by atoms with E-state index in [4.69, 9.17) is 10.0 Å². The molecule has 2 N–H and O–H groups in total. The first-order chi connectivity index (χ1) is 5.43.